The molecule has 10 heteroatoms. The first-order valence-electron chi connectivity index (χ1n) is 7.57. The van der Waals surface area contributed by atoms with Gasteiger partial charge in [-0.1, -0.05) is 17.3 Å². The van der Waals surface area contributed by atoms with E-state index in [-0.39, 0.29) is 23.8 Å². The van der Waals surface area contributed by atoms with Crippen LogP contribution in [-0.4, -0.2) is 36.9 Å². The maximum Gasteiger partial charge on any atom is 0.306 e. The molecule has 0 aliphatic carbocycles. The lowest BCUT2D eigenvalue weighted by atomic mass is 10.2. The van der Waals surface area contributed by atoms with E-state index < -0.39 is 16.0 Å². The molecule has 1 aromatic carbocycles. The van der Waals surface area contributed by atoms with Crippen LogP contribution in [0.1, 0.15) is 30.1 Å². The van der Waals surface area contributed by atoms with Gasteiger partial charge in [0.15, 0.2) is 12.4 Å². The Hall–Kier alpha value is -2.75. The standard InChI is InChI=1S/C15H16N4O5S/c1-10-17-13(24-18-10)9-23-14(20)7-4-8-16-15-11-5-2-3-6-12(11)25(21,22)19-15/h2-3,5-6H,4,7-9H2,1H3,(H,16,19). The predicted octanol–water partition coefficient (Wildman–Crippen LogP) is 0.940. The average molecular weight is 364 g/mol. The van der Waals surface area contributed by atoms with Crippen LogP contribution >= 0.6 is 0 Å². The number of aliphatic imine (C=N–C) groups is 1. The van der Waals surface area contributed by atoms with Gasteiger partial charge in [0.05, 0.1) is 4.90 Å². The third kappa shape index (κ3) is 4.02. The second kappa shape index (κ2) is 7.01. The highest BCUT2D eigenvalue weighted by molar-refractivity contribution is 7.90. The third-order valence-electron chi connectivity index (χ3n) is 3.40. The van der Waals surface area contributed by atoms with E-state index in [1.807, 2.05) is 0 Å². The Morgan fingerprint density at radius 3 is 2.92 bits per heavy atom. The lowest BCUT2D eigenvalue weighted by molar-refractivity contribution is -0.145. The van der Waals surface area contributed by atoms with Crippen molar-refractivity contribution < 1.29 is 22.5 Å². The van der Waals surface area contributed by atoms with Crippen molar-refractivity contribution in [2.24, 2.45) is 4.99 Å². The number of sulfonamides is 1. The number of hydrogen-bond acceptors (Lipinski definition) is 8. The lowest BCUT2D eigenvalue weighted by Gasteiger charge is -2.01. The first-order valence-corrected chi connectivity index (χ1v) is 9.05. The quantitative estimate of drug-likeness (QED) is 0.597. The minimum atomic E-state index is -3.54. The van der Waals surface area contributed by atoms with Gasteiger partial charge in [-0.05, 0) is 25.5 Å². The Morgan fingerprint density at radius 2 is 2.16 bits per heavy atom. The number of benzene rings is 1. The van der Waals surface area contributed by atoms with E-state index >= 15 is 0 Å². The van der Waals surface area contributed by atoms with Gasteiger partial charge in [0, 0.05) is 18.5 Å². The van der Waals surface area contributed by atoms with E-state index in [0.717, 1.165) is 0 Å². The molecule has 0 atom stereocenters. The van der Waals surface area contributed by atoms with Crippen molar-refractivity contribution in [2.45, 2.75) is 31.3 Å². The number of nitrogens with zero attached hydrogens (tertiary/aromatic N) is 3. The van der Waals surface area contributed by atoms with Gasteiger partial charge in [-0.15, -0.1) is 0 Å². The van der Waals surface area contributed by atoms with Gasteiger partial charge in [0.1, 0.15) is 5.84 Å². The largest absolute Gasteiger partial charge is 0.456 e. The Bertz CT molecular complexity index is 920. The molecule has 0 spiro atoms. The molecule has 132 valence electrons. The number of carbonyl (C=O) groups excluding carboxylic acids is 1. The van der Waals surface area contributed by atoms with Crippen LogP contribution in [0.3, 0.4) is 0 Å². The van der Waals surface area contributed by atoms with Gasteiger partial charge in [-0.3, -0.25) is 14.5 Å². The zero-order valence-electron chi connectivity index (χ0n) is 13.4. The summed E-state index contributed by atoms with van der Waals surface area (Å²) in [4.78, 5) is 20.0. The van der Waals surface area contributed by atoms with Crippen molar-refractivity contribution in [2.75, 3.05) is 6.54 Å². The molecule has 0 radical (unpaired) electrons. The van der Waals surface area contributed by atoms with Crippen LogP contribution in [0.2, 0.25) is 0 Å². The van der Waals surface area contributed by atoms with Crippen LogP contribution in [0.25, 0.3) is 0 Å². The van der Waals surface area contributed by atoms with Gasteiger partial charge in [0.2, 0.25) is 0 Å². The van der Waals surface area contributed by atoms with Crippen molar-refractivity contribution >= 4 is 21.8 Å². The molecule has 0 bridgehead atoms. The molecule has 0 saturated carbocycles. The van der Waals surface area contributed by atoms with E-state index in [0.29, 0.717) is 30.2 Å². The smallest absolute Gasteiger partial charge is 0.306 e. The molecule has 9 nitrogen and oxygen atoms in total. The minimum Gasteiger partial charge on any atom is -0.456 e. The number of aromatic nitrogens is 2. The van der Waals surface area contributed by atoms with Crippen LogP contribution in [0.5, 0.6) is 0 Å². The van der Waals surface area contributed by atoms with E-state index in [1.165, 1.54) is 6.07 Å². The molecule has 2 heterocycles. The summed E-state index contributed by atoms with van der Waals surface area (Å²) in [6.45, 7) is 1.89. The first kappa shape index (κ1) is 17.1. The summed E-state index contributed by atoms with van der Waals surface area (Å²) in [7, 11) is -3.54. The lowest BCUT2D eigenvalue weighted by Crippen LogP contribution is -2.22. The number of hydrogen-bond donors (Lipinski definition) is 1. The molecule has 1 aromatic heterocycles. The van der Waals surface area contributed by atoms with Crippen LogP contribution < -0.4 is 4.72 Å². The summed E-state index contributed by atoms with van der Waals surface area (Å²) in [5.41, 5.74) is 0.539. The van der Waals surface area contributed by atoms with Crippen LogP contribution in [0.15, 0.2) is 38.7 Å². The fourth-order valence-corrected chi connectivity index (χ4v) is 3.53. The van der Waals surface area contributed by atoms with Crippen molar-refractivity contribution in [1.29, 1.82) is 0 Å². The molecule has 1 N–H and O–H groups in total. The average Bonchev–Trinajstić information content (AvgIpc) is 3.11. The molecule has 1 aliphatic rings. The molecule has 2 aromatic rings. The highest BCUT2D eigenvalue weighted by atomic mass is 32.2. The Labute approximate surface area is 144 Å². The summed E-state index contributed by atoms with van der Waals surface area (Å²) in [5.74, 6) is 0.595. The zero-order chi connectivity index (χ0) is 17.9. The highest BCUT2D eigenvalue weighted by Gasteiger charge is 2.29. The molecular weight excluding hydrogens is 348 g/mol. The van der Waals surface area contributed by atoms with Gasteiger partial charge in [-0.25, -0.2) is 8.42 Å². The Morgan fingerprint density at radius 1 is 1.36 bits per heavy atom. The molecule has 0 unspecified atom stereocenters. The Balaban J connectivity index is 1.48. The first-order chi connectivity index (χ1) is 12.0. The fraction of sp³-hybridized carbons (Fsp3) is 0.333. The molecule has 0 amide bonds. The number of rotatable bonds is 6. The maximum absolute atomic E-state index is 11.9. The van der Waals surface area contributed by atoms with Gasteiger partial charge < -0.3 is 9.26 Å². The predicted molar refractivity (Wildman–Crippen MR) is 86.2 cm³/mol. The van der Waals surface area contributed by atoms with E-state index in [4.69, 9.17) is 9.26 Å². The number of carbonyl (C=O) groups is 1. The van der Waals surface area contributed by atoms with Crippen molar-refractivity contribution in [3.8, 4) is 0 Å². The molecule has 0 saturated heterocycles. The van der Waals surface area contributed by atoms with Crippen LogP contribution in [0, 0.1) is 6.92 Å². The summed E-state index contributed by atoms with van der Waals surface area (Å²) < 4.78 is 36.1. The normalized spacial score (nSPS) is 16.4. The van der Waals surface area contributed by atoms with E-state index in [1.54, 1.807) is 25.1 Å². The molecule has 0 fully saturated rings. The van der Waals surface area contributed by atoms with Crippen LogP contribution in [-0.2, 0) is 26.2 Å². The highest BCUT2D eigenvalue weighted by Crippen LogP contribution is 2.22. The monoisotopic (exact) mass is 364 g/mol. The van der Waals surface area contributed by atoms with Crippen molar-refractivity contribution in [3.05, 3.63) is 41.5 Å². The van der Waals surface area contributed by atoms with Crippen molar-refractivity contribution in [3.63, 3.8) is 0 Å². The topological polar surface area (TPSA) is 124 Å². The summed E-state index contributed by atoms with van der Waals surface area (Å²) in [6.07, 6.45) is 0.577. The summed E-state index contributed by atoms with van der Waals surface area (Å²) >= 11 is 0. The van der Waals surface area contributed by atoms with E-state index in [2.05, 4.69) is 19.9 Å². The maximum atomic E-state index is 11.9. The third-order valence-corrected chi connectivity index (χ3v) is 4.80. The van der Waals surface area contributed by atoms with Gasteiger partial charge >= 0.3 is 5.97 Å². The number of esters is 1. The van der Waals surface area contributed by atoms with Gasteiger partial charge in [-0.2, -0.15) is 4.98 Å². The number of amidine groups is 1. The van der Waals surface area contributed by atoms with E-state index in [9.17, 15) is 13.2 Å². The fourth-order valence-electron chi connectivity index (χ4n) is 2.28. The van der Waals surface area contributed by atoms with Crippen LogP contribution in [0.4, 0.5) is 0 Å². The summed E-state index contributed by atoms with van der Waals surface area (Å²) in [6, 6.07) is 6.61. The molecular formula is C15H16N4O5S. The number of ether oxygens (including phenoxy) is 1. The zero-order valence-corrected chi connectivity index (χ0v) is 14.2. The summed E-state index contributed by atoms with van der Waals surface area (Å²) in [5, 5.41) is 3.59. The molecule has 1 aliphatic heterocycles. The van der Waals surface area contributed by atoms with Gasteiger partial charge in [0.25, 0.3) is 15.9 Å². The SMILES string of the molecule is Cc1noc(COC(=O)CCCN=C2NS(=O)(=O)c3ccccc32)n1. The molecule has 25 heavy (non-hydrogen) atoms. The minimum absolute atomic E-state index is 0.0681. The number of aryl methyl sites for hydroxylation is 1. The second-order valence-electron chi connectivity index (χ2n) is 5.33. The Kier molecular flexibility index (Phi) is 4.79. The van der Waals surface area contributed by atoms with Crippen molar-refractivity contribution in [1.82, 2.24) is 14.9 Å². The number of fused-ring (bicyclic) bond motifs is 1. The molecule has 3 rings (SSSR count). The number of nitrogens with one attached hydrogen (secondary N) is 1. The second-order valence-corrected chi connectivity index (χ2v) is 6.98.